The molecular formula is C16H21N3. The normalized spacial score (nSPS) is 11.1. The number of nitrogens with zero attached hydrogens (tertiary/aromatic N) is 2. The van der Waals surface area contributed by atoms with Gasteiger partial charge in [-0.15, -0.1) is 10.2 Å². The molecule has 0 amide bonds. The zero-order chi connectivity index (χ0) is 13.8. The van der Waals surface area contributed by atoms with Gasteiger partial charge in [0.1, 0.15) is 5.82 Å². The Kier molecular flexibility index (Phi) is 4.15. The third-order valence-corrected chi connectivity index (χ3v) is 2.97. The molecule has 0 aliphatic heterocycles. The topological polar surface area (TPSA) is 37.8 Å². The van der Waals surface area contributed by atoms with E-state index in [2.05, 4.69) is 67.5 Å². The summed E-state index contributed by atoms with van der Waals surface area (Å²) in [6.07, 6.45) is 0. The lowest BCUT2D eigenvalue weighted by Gasteiger charge is -2.09. The number of rotatable bonds is 4. The molecule has 0 fully saturated rings. The molecule has 0 spiro atoms. The van der Waals surface area contributed by atoms with Gasteiger partial charge < -0.3 is 5.32 Å². The average molecular weight is 255 g/mol. The maximum absolute atomic E-state index is 4.26. The van der Waals surface area contributed by atoms with Gasteiger partial charge in [-0.05, 0) is 37.5 Å². The van der Waals surface area contributed by atoms with E-state index in [0.29, 0.717) is 12.0 Å². The molecule has 0 saturated carbocycles. The molecule has 1 aromatic heterocycles. The van der Waals surface area contributed by atoms with E-state index in [-0.39, 0.29) is 0 Å². The lowest BCUT2D eigenvalue weighted by molar-refractivity contribution is 0.866. The van der Waals surface area contributed by atoms with Crippen molar-refractivity contribution >= 4 is 5.82 Å². The number of anilines is 1. The van der Waals surface area contributed by atoms with Crippen LogP contribution in [0.15, 0.2) is 36.4 Å². The van der Waals surface area contributed by atoms with Gasteiger partial charge in [0.15, 0.2) is 0 Å². The first kappa shape index (κ1) is 13.5. The van der Waals surface area contributed by atoms with Crippen LogP contribution in [0.3, 0.4) is 0 Å². The Bertz CT molecular complexity index is 513. The second-order valence-electron chi connectivity index (χ2n) is 5.38. The standard InChI is InChI=1S/C16H21N3/c1-11(2)13-5-7-14(8-6-13)15-9-10-16(19-18-15)17-12(3)4/h5-12H,1-4H3,(H,17,19). The molecule has 2 aromatic rings. The van der Waals surface area contributed by atoms with Crippen molar-refractivity contribution in [3.63, 3.8) is 0 Å². The zero-order valence-corrected chi connectivity index (χ0v) is 12.0. The van der Waals surface area contributed by atoms with Crippen LogP contribution in [0.1, 0.15) is 39.2 Å². The zero-order valence-electron chi connectivity index (χ0n) is 12.0. The molecule has 0 saturated heterocycles. The van der Waals surface area contributed by atoms with E-state index < -0.39 is 0 Å². The fourth-order valence-corrected chi connectivity index (χ4v) is 1.90. The predicted octanol–water partition coefficient (Wildman–Crippen LogP) is 4.09. The predicted molar refractivity (Wildman–Crippen MR) is 80.3 cm³/mol. The SMILES string of the molecule is CC(C)Nc1ccc(-c2ccc(C(C)C)cc2)nn1. The van der Waals surface area contributed by atoms with Crippen LogP contribution < -0.4 is 5.32 Å². The van der Waals surface area contributed by atoms with Crippen LogP contribution in [0.5, 0.6) is 0 Å². The Morgan fingerprint density at radius 1 is 0.842 bits per heavy atom. The van der Waals surface area contributed by atoms with Crippen molar-refractivity contribution in [1.82, 2.24) is 10.2 Å². The Balaban J connectivity index is 2.17. The van der Waals surface area contributed by atoms with Crippen LogP contribution >= 0.6 is 0 Å². The van der Waals surface area contributed by atoms with E-state index in [1.807, 2.05) is 12.1 Å². The number of nitrogens with one attached hydrogen (secondary N) is 1. The van der Waals surface area contributed by atoms with Crippen LogP contribution in [0.4, 0.5) is 5.82 Å². The van der Waals surface area contributed by atoms with Gasteiger partial charge in [-0.2, -0.15) is 0 Å². The lowest BCUT2D eigenvalue weighted by Crippen LogP contribution is -2.11. The highest BCUT2D eigenvalue weighted by atomic mass is 15.2. The minimum Gasteiger partial charge on any atom is -0.366 e. The van der Waals surface area contributed by atoms with E-state index in [4.69, 9.17) is 0 Å². The van der Waals surface area contributed by atoms with E-state index in [1.54, 1.807) is 0 Å². The maximum atomic E-state index is 4.26. The minimum absolute atomic E-state index is 0.366. The van der Waals surface area contributed by atoms with Gasteiger partial charge in [0.05, 0.1) is 5.69 Å². The van der Waals surface area contributed by atoms with Crippen molar-refractivity contribution in [2.75, 3.05) is 5.32 Å². The largest absolute Gasteiger partial charge is 0.366 e. The summed E-state index contributed by atoms with van der Waals surface area (Å²) in [6.45, 7) is 8.56. The molecule has 1 aromatic carbocycles. The maximum Gasteiger partial charge on any atom is 0.148 e. The second kappa shape index (κ2) is 5.83. The van der Waals surface area contributed by atoms with Crippen LogP contribution in [-0.4, -0.2) is 16.2 Å². The molecule has 3 nitrogen and oxygen atoms in total. The van der Waals surface area contributed by atoms with Crippen LogP contribution in [-0.2, 0) is 0 Å². The summed E-state index contributed by atoms with van der Waals surface area (Å²) in [5.41, 5.74) is 3.35. The summed E-state index contributed by atoms with van der Waals surface area (Å²) in [5, 5.41) is 11.7. The first-order valence-electron chi connectivity index (χ1n) is 6.77. The summed E-state index contributed by atoms with van der Waals surface area (Å²) in [6, 6.07) is 12.9. The highest BCUT2D eigenvalue weighted by Crippen LogP contribution is 2.21. The first-order valence-corrected chi connectivity index (χ1v) is 6.77. The van der Waals surface area contributed by atoms with Crippen molar-refractivity contribution in [2.24, 2.45) is 0 Å². The van der Waals surface area contributed by atoms with Crippen molar-refractivity contribution < 1.29 is 0 Å². The molecule has 1 heterocycles. The molecule has 0 bridgehead atoms. The molecule has 1 N–H and O–H groups in total. The molecule has 3 heteroatoms. The van der Waals surface area contributed by atoms with E-state index in [0.717, 1.165) is 17.1 Å². The third-order valence-electron chi connectivity index (χ3n) is 2.97. The Labute approximate surface area is 115 Å². The fraction of sp³-hybridized carbons (Fsp3) is 0.375. The fourth-order valence-electron chi connectivity index (χ4n) is 1.90. The molecule has 0 aliphatic carbocycles. The summed E-state index contributed by atoms with van der Waals surface area (Å²) in [5.74, 6) is 1.37. The summed E-state index contributed by atoms with van der Waals surface area (Å²) in [7, 11) is 0. The average Bonchev–Trinajstić information content (AvgIpc) is 2.39. The van der Waals surface area contributed by atoms with Crippen molar-refractivity contribution in [2.45, 2.75) is 39.7 Å². The molecule has 100 valence electrons. The molecule has 19 heavy (non-hydrogen) atoms. The number of aromatic nitrogens is 2. The third kappa shape index (κ3) is 3.53. The van der Waals surface area contributed by atoms with E-state index in [9.17, 15) is 0 Å². The van der Waals surface area contributed by atoms with Crippen LogP contribution in [0.25, 0.3) is 11.3 Å². The van der Waals surface area contributed by atoms with Gasteiger partial charge in [0.2, 0.25) is 0 Å². The lowest BCUT2D eigenvalue weighted by atomic mass is 10.0. The quantitative estimate of drug-likeness (QED) is 0.894. The van der Waals surface area contributed by atoms with Crippen LogP contribution in [0.2, 0.25) is 0 Å². The first-order chi connectivity index (χ1) is 9.06. The molecule has 2 rings (SSSR count). The molecule has 0 atom stereocenters. The van der Waals surface area contributed by atoms with Gasteiger partial charge in [-0.25, -0.2) is 0 Å². The molecule has 0 unspecified atom stereocenters. The molecule has 0 radical (unpaired) electrons. The number of hydrogen-bond donors (Lipinski definition) is 1. The van der Waals surface area contributed by atoms with Crippen molar-refractivity contribution in [1.29, 1.82) is 0 Å². The van der Waals surface area contributed by atoms with Gasteiger partial charge in [-0.3, -0.25) is 0 Å². The number of hydrogen-bond acceptors (Lipinski definition) is 3. The van der Waals surface area contributed by atoms with Gasteiger partial charge in [0.25, 0.3) is 0 Å². The number of benzene rings is 1. The summed E-state index contributed by atoms with van der Waals surface area (Å²) in [4.78, 5) is 0. The minimum atomic E-state index is 0.366. The second-order valence-corrected chi connectivity index (χ2v) is 5.38. The van der Waals surface area contributed by atoms with Crippen molar-refractivity contribution in [3.8, 4) is 11.3 Å². The summed E-state index contributed by atoms with van der Waals surface area (Å²) >= 11 is 0. The molecular weight excluding hydrogens is 234 g/mol. The smallest absolute Gasteiger partial charge is 0.148 e. The Morgan fingerprint density at radius 2 is 1.53 bits per heavy atom. The Morgan fingerprint density at radius 3 is 2.00 bits per heavy atom. The Hall–Kier alpha value is -1.90. The highest BCUT2D eigenvalue weighted by Gasteiger charge is 2.03. The van der Waals surface area contributed by atoms with Crippen LogP contribution in [0, 0.1) is 0 Å². The van der Waals surface area contributed by atoms with Gasteiger partial charge in [0, 0.05) is 11.6 Å². The van der Waals surface area contributed by atoms with E-state index in [1.165, 1.54) is 5.56 Å². The van der Waals surface area contributed by atoms with Gasteiger partial charge in [-0.1, -0.05) is 38.1 Å². The summed E-state index contributed by atoms with van der Waals surface area (Å²) < 4.78 is 0. The highest BCUT2D eigenvalue weighted by molar-refractivity contribution is 5.60. The van der Waals surface area contributed by atoms with Crippen molar-refractivity contribution in [3.05, 3.63) is 42.0 Å². The molecule has 0 aliphatic rings. The van der Waals surface area contributed by atoms with E-state index >= 15 is 0 Å². The monoisotopic (exact) mass is 255 g/mol. The van der Waals surface area contributed by atoms with Gasteiger partial charge >= 0.3 is 0 Å².